The van der Waals surface area contributed by atoms with Crippen molar-refractivity contribution in [1.82, 2.24) is 9.88 Å². The Morgan fingerprint density at radius 1 is 1.47 bits per heavy atom. The fraction of sp³-hybridized carbons (Fsp3) is 0.308. The van der Waals surface area contributed by atoms with Crippen molar-refractivity contribution in [3.8, 4) is 0 Å². The van der Waals surface area contributed by atoms with Crippen molar-refractivity contribution in [3.05, 3.63) is 29.3 Å². The number of carboxylic acid groups (broad SMARTS) is 1. The van der Waals surface area contributed by atoms with Crippen molar-refractivity contribution in [2.45, 2.75) is 6.92 Å². The van der Waals surface area contributed by atoms with E-state index in [-0.39, 0.29) is 12.5 Å². The fourth-order valence-electron chi connectivity index (χ4n) is 1.78. The number of aliphatic carboxylic acids is 1. The topological polar surface area (TPSA) is 70.5 Å². The van der Waals surface area contributed by atoms with Gasteiger partial charge in [-0.15, -0.1) is 11.3 Å². The largest absolute Gasteiger partial charge is 0.481 e. The Bertz CT molecular complexity index is 623. The van der Waals surface area contributed by atoms with Gasteiger partial charge in [0.2, 0.25) is 0 Å². The standard InChI is InChI=1S/C13H14N2O3S/c1-8(13(17)18)6-15(2)12(16)9-3-4-10-11(5-9)19-7-14-10/h3-5,7-8H,6H2,1-2H3,(H,17,18). The van der Waals surface area contributed by atoms with Gasteiger partial charge >= 0.3 is 5.97 Å². The first-order valence-electron chi connectivity index (χ1n) is 5.80. The molecule has 0 bridgehead atoms. The van der Waals surface area contributed by atoms with Gasteiger partial charge in [-0.1, -0.05) is 6.92 Å². The van der Waals surface area contributed by atoms with Crippen molar-refractivity contribution >= 4 is 33.4 Å². The molecule has 0 saturated carbocycles. The van der Waals surface area contributed by atoms with Crippen molar-refractivity contribution in [2.24, 2.45) is 5.92 Å². The van der Waals surface area contributed by atoms with Crippen LogP contribution >= 0.6 is 11.3 Å². The molecule has 1 atom stereocenters. The minimum atomic E-state index is -0.905. The second-order valence-corrected chi connectivity index (χ2v) is 5.35. The predicted octanol–water partition coefficient (Wildman–Crippen LogP) is 2.09. The molecule has 0 spiro atoms. The molecular weight excluding hydrogens is 264 g/mol. The molecule has 0 aliphatic carbocycles. The van der Waals surface area contributed by atoms with Gasteiger partial charge in [-0.3, -0.25) is 9.59 Å². The lowest BCUT2D eigenvalue weighted by atomic mass is 10.1. The zero-order valence-electron chi connectivity index (χ0n) is 10.7. The Labute approximate surface area is 114 Å². The SMILES string of the molecule is CC(CN(C)C(=O)c1ccc2ncsc2c1)C(=O)O. The number of carboxylic acids is 1. The Morgan fingerprint density at radius 3 is 2.89 bits per heavy atom. The normalized spacial score (nSPS) is 12.3. The molecule has 0 aliphatic rings. The van der Waals surface area contributed by atoms with Gasteiger partial charge in [0.1, 0.15) is 0 Å². The summed E-state index contributed by atoms with van der Waals surface area (Å²) < 4.78 is 0.950. The molecule has 0 radical (unpaired) electrons. The first-order valence-corrected chi connectivity index (χ1v) is 6.68. The van der Waals surface area contributed by atoms with Crippen molar-refractivity contribution in [3.63, 3.8) is 0 Å². The zero-order chi connectivity index (χ0) is 14.0. The molecule has 1 N–H and O–H groups in total. The highest BCUT2D eigenvalue weighted by atomic mass is 32.1. The average molecular weight is 278 g/mol. The number of aromatic nitrogens is 1. The summed E-state index contributed by atoms with van der Waals surface area (Å²) in [6, 6.07) is 5.30. The molecule has 0 aliphatic heterocycles. The van der Waals surface area contributed by atoms with Crippen LogP contribution < -0.4 is 0 Å². The van der Waals surface area contributed by atoms with Crippen molar-refractivity contribution in [1.29, 1.82) is 0 Å². The van der Waals surface area contributed by atoms with E-state index >= 15 is 0 Å². The summed E-state index contributed by atoms with van der Waals surface area (Å²) in [5, 5.41) is 8.85. The van der Waals surface area contributed by atoms with Gasteiger partial charge in [-0.05, 0) is 18.2 Å². The summed E-state index contributed by atoms with van der Waals surface area (Å²) in [6.07, 6.45) is 0. The number of rotatable bonds is 4. The van der Waals surface area contributed by atoms with Gasteiger partial charge in [0.25, 0.3) is 5.91 Å². The maximum atomic E-state index is 12.2. The van der Waals surface area contributed by atoms with Crippen LogP contribution in [0.3, 0.4) is 0 Å². The number of fused-ring (bicyclic) bond motifs is 1. The molecule has 6 heteroatoms. The number of carbonyl (C=O) groups is 2. The van der Waals surface area contributed by atoms with Crippen LogP contribution in [-0.2, 0) is 4.79 Å². The highest BCUT2D eigenvalue weighted by Gasteiger charge is 2.18. The molecule has 2 rings (SSSR count). The number of carbonyl (C=O) groups excluding carboxylic acids is 1. The number of thiazole rings is 1. The third-order valence-corrected chi connectivity index (χ3v) is 3.69. The molecule has 1 heterocycles. The first-order chi connectivity index (χ1) is 8.99. The Balaban J connectivity index is 2.16. The molecule has 1 aromatic carbocycles. The third kappa shape index (κ3) is 2.90. The summed E-state index contributed by atoms with van der Waals surface area (Å²) in [6.45, 7) is 1.77. The number of benzene rings is 1. The van der Waals surface area contributed by atoms with Crippen molar-refractivity contribution < 1.29 is 14.7 Å². The van der Waals surface area contributed by atoms with E-state index in [0.717, 1.165) is 10.2 Å². The third-order valence-electron chi connectivity index (χ3n) is 2.89. The van der Waals surface area contributed by atoms with E-state index in [1.165, 1.54) is 16.2 Å². The number of nitrogens with zero attached hydrogens (tertiary/aromatic N) is 2. The Kier molecular flexibility index (Phi) is 3.80. The highest BCUT2D eigenvalue weighted by molar-refractivity contribution is 7.16. The zero-order valence-corrected chi connectivity index (χ0v) is 11.5. The van der Waals surface area contributed by atoms with E-state index in [1.807, 2.05) is 0 Å². The molecule has 100 valence electrons. The van der Waals surface area contributed by atoms with Gasteiger partial charge in [0, 0.05) is 19.2 Å². The average Bonchev–Trinajstić information content (AvgIpc) is 2.84. The fourth-order valence-corrected chi connectivity index (χ4v) is 2.50. The molecule has 19 heavy (non-hydrogen) atoms. The minimum Gasteiger partial charge on any atom is -0.481 e. The Hall–Kier alpha value is -1.95. The van der Waals surface area contributed by atoms with Crippen LogP contribution in [0.5, 0.6) is 0 Å². The van der Waals surface area contributed by atoms with E-state index in [2.05, 4.69) is 4.98 Å². The van der Waals surface area contributed by atoms with E-state index in [4.69, 9.17) is 5.11 Å². The van der Waals surface area contributed by atoms with E-state index < -0.39 is 11.9 Å². The van der Waals surface area contributed by atoms with Gasteiger partial charge < -0.3 is 10.0 Å². The van der Waals surface area contributed by atoms with Gasteiger partial charge in [-0.25, -0.2) is 4.98 Å². The molecule has 1 amide bonds. The summed E-state index contributed by atoms with van der Waals surface area (Å²) in [7, 11) is 1.61. The van der Waals surface area contributed by atoms with Crippen LogP contribution in [0, 0.1) is 5.92 Å². The van der Waals surface area contributed by atoms with Gasteiger partial charge in [-0.2, -0.15) is 0 Å². The molecule has 1 aromatic heterocycles. The highest BCUT2D eigenvalue weighted by Crippen LogP contribution is 2.20. The van der Waals surface area contributed by atoms with E-state index in [1.54, 1.807) is 37.7 Å². The number of hydrogen-bond donors (Lipinski definition) is 1. The second kappa shape index (κ2) is 5.36. The second-order valence-electron chi connectivity index (χ2n) is 4.46. The van der Waals surface area contributed by atoms with Gasteiger partial charge in [0.05, 0.1) is 21.6 Å². The van der Waals surface area contributed by atoms with E-state index in [9.17, 15) is 9.59 Å². The number of amides is 1. The molecule has 0 saturated heterocycles. The molecule has 1 unspecified atom stereocenters. The van der Waals surface area contributed by atoms with E-state index in [0.29, 0.717) is 5.56 Å². The monoisotopic (exact) mass is 278 g/mol. The number of hydrogen-bond acceptors (Lipinski definition) is 4. The first kappa shape index (κ1) is 13.5. The lowest BCUT2D eigenvalue weighted by Crippen LogP contribution is -2.33. The molecule has 0 fully saturated rings. The predicted molar refractivity (Wildman–Crippen MR) is 73.4 cm³/mol. The Morgan fingerprint density at radius 2 is 2.21 bits per heavy atom. The quantitative estimate of drug-likeness (QED) is 0.929. The van der Waals surface area contributed by atoms with Crippen molar-refractivity contribution in [2.75, 3.05) is 13.6 Å². The molecular formula is C13H14N2O3S. The summed E-state index contributed by atoms with van der Waals surface area (Å²) in [5.41, 5.74) is 3.15. The maximum absolute atomic E-state index is 12.2. The van der Waals surface area contributed by atoms with Crippen LogP contribution in [0.4, 0.5) is 0 Å². The lowest BCUT2D eigenvalue weighted by Gasteiger charge is -2.19. The van der Waals surface area contributed by atoms with Crippen LogP contribution in [0.1, 0.15) is 17.3 Å². The summed E-state index contributed by atoms with van der Waals surface area (Å²) >= 11 is 1.47. The maximum Gasteiger partial charge on any atom is 0.308 e. The van der Waals surface area contributed by atoms with Crippen LogP contribution in [-0.4, -0.2) is 40.5 Å². The van der Waals surface area contributed by atoms with Crippen LogP contribution in [0.2, 0.25) is 0 Å². The molecule has 5 nitrogen and oxygen atoms in total. The van der Waals surface area contributed by atoms with Crippen LogP contribution in [0.15, 0.2) is 23.7 Å². The smallest absolute Gasteiger partial charge is 0.308 e. The molecule has 2 aromatic rings. The minimum absolute atomic E-state index is 0.177. The summed E-state index contributed by atoms with van der Waals surface area (Å²) in [4.78, 5) is 28.6. The van der Waals surface area contributed by atoms with Crippen LogP contribution in [0.25, 0.3) is 10.2 Å². The van der Waals surface area contributed by atoms with Gasteiger partial charge in [0.15, 0.2) is 0 Å². The lowest BCUT2D eigenvalue weighted by molar-refractivity contribution is -0.141. The summed E-state index contributed by atoms with van der Waals surface area (Å²) in [5.74, 6) is -1.66.